The zero-order valence-corrected chi connectivity index (χ0v) is 10.2. The van der Waals surface area contributed by atoms with E-state index in [2.05, 4.69) is 24.1 Å². The quantitative estimate of drug-likeness (QED) is 0.583. The smallest absolute Gasteiger partial charge is 0.280 e. The van der Waals surface area contributed by atoms with Gasteiger partial charge < -0.3 is 11.5 Å². The molecule has 0 spiro atoms. The molecule has 1 heterocycles. The summed E-state index contributed by atoms with van der Waals surface area (Å²) in [6.07, 6.45) is 4.19. The maximum atomic E-state index is 11.6. The molecule has 0 bridgehead atoms. The van der Waals surface area contributed by atoms with Crippen LogP contribution in [0.25, 0.3) is 6.08 Å². The van der Waals surface area contributed by atoms with Gasteiger partial charge in [-0.25, -0.2) is 0 Å². The van der Waals surface area contributed by atoms with E-state index in [1.807, 2.05) is 12.1 Å². The number of rotatable bonds is 1. The van der Waals surface area contributed by atoms with Gasteiger partial charge in [0.25, 0.3) is 5.91 Å². The standard InChI is InChI=1S/C12H13N3OS/c1-7-2-3-8-4-5-9(6-10(8)17-7)11(16)15-12(13)14/h2-7H,1H3,(H4,13,14,15,16). The molecule has 1 amide bonds. The molecule has 4 nitrogen and oxygen atoms in total. The maximum absolute atomic E-state index is 11.6. The van der Waals surface area contributed by atoms with Crippen molar-refractivity contribution >= 4 is 29.7 Å². The Morgan fingerprint density at radius 3 is 2.88 bits per heavy atom. The highest BCUT2D eigenvalue weighted by Gasteiger charge is 2.13. The average Bonchev–Trinajstić information content (AvgIpc) is 2.27. The molecule has 4 N–H and O–H groups in total. The first-order chi connectivity index (χ1) is 8.06. The second-order valence-electron chi connectivity index (χ2n) is 3.78. The molecule has 17 heavy (non-hydrogen) atoms. The molecule has 1 unspecified atom stereocenters. The molecular formula is C12H13N3OS. The van der Waals surface area contributed by atoms with Crippen LogP contribution in [0.15, 0.2) is 34.2 Å². The fourth-order valence-electron chi connectivity index (χ4n) is 1.57. The Kier molecular flexibility index (Phi) is 3.19. The molecule has 1 aromatic rings. The second kappa shape index (κ2) is 4.63. The SMILES string of the molecule is CC1C=Cc2ccc(C(=O)N=C(N)N)cc2S1. The number of aliphatic imine (C=N–C) groups is 1. The number of hydrogen-bond donors (Lipinski definition) is 2. The molecule has 0 radical (unpaired) electrons. The van der Waals surface area contributed by atoms with Crippen molar-refractivity contribution in [1.82, 2.24) is 0 Å². The fraction of sp³-hybridized carbons (Fsp3) is 0.167. The lowest BCUT2D eigenvalue weighted by Gasteiger charge is -2.15. The Labute approximate surface area is 104 Å². The van der Waals surface area contributed by atoms with Crippen LogP contribution in [0.2, 0.25) is 0 Å². The Morgan fingerprint density at radius 1 is 1.41 bits per heavy atom. The predicted molar refractivity (Wildman–Crippen MR) is 70.9 cm³/mol. The number of carbonyl (C=O) groups is 1. The van der Waals surface area contributed by atoms with E-state index in [4.69, 9.17) is 11.5 Å². The Hall–Kier alpha value is -1.75. The van der Waals surface area contributed by atoms with Crippen LogP contribution in [0.4, 0.5) is 0 Å². The van der Waals surface area contributed by atoms with Crippen molar-refractivity contribution in [2.24, 2.45) is 16.5 Å². The van der Waals surface area contributed by atoms with Crippen molar-refractivity contribution in [2.45, 2.75) is 17.1 Å². The minimum atomic E-state index is -0.407. The number of carbonyl (C=O) groups excluding carboxylic acids is 1. The van der Waals surface area contributed by atoms with Crippen molar-refractivity contribution in [2.75, 3.05) is 0 Å². The summed E-state index contributed by atoms with van der Waals surface area (Å²) in [5, 5.41) is 0.413. The monoisotopic (exact) mass is 247 g/mol. The van der Waals surface area contributed by atoms with Crippen LogP contribution in [0.3, 0.4) is 0 Å². The third kappa shape index (κ3) is 2.68. The molecule has 1 aromatic carbocycles. The third-order valence-corrected chi connectivity index (χ3v) is 3.49. The van der Waals surface area contributed by atoms with Crippen LogP contribution in [-0.4, -0.2) is 17.1 Å². The normalized spacial score (nSPS) is 17.4. The van der Waals surface area contributed by atoms with E-state index in [-0.39, 0.29) is 5.96 Å². The van der Waals surface area contributed by atoms with Gasteiger partial charge in [0.2, 0.25) is 0 Å². The minimum Gasteiger partial charge on any atom is -0.370 e. The molecule has 88 valence electrons. The molecule has 1 aliphatic heterocycles. The zero-order valence-electron chi connectivity index (χ0n) is 9.38. The van der Waals surface area contributed by atoms with Gasteiger partial charge in [0, 0.05) is 15.7 Å². The highest BCUT2D eigenvalue weighted by Crippen LogP contribution is 2.33. The van der Waals surface area contributed by atoms with E-state index in [9.17, 15) is 4.79 Å². The number of guanidine groups is 1. The van der Waals surface area contributed by atoms with Gasteiger partial charge in [0.1, 0.15) is 0 Å². The van der Waals surface area contributed by atoms with Crippen LogP contribution in [0, 0.1) is 0 Å². The summed E-state index contributed by atoms with van der Waals surface area (Å²) in [4.78, 5) is 16.2. The van der Waals surface area contributed by atoms with Gasteiger partial charge in [0.05, 0.1) is 0 Å². The van der Waals surface area contributed by atoms with E-state index in [1.54, 1.807) is 17.8 Å². The first-order valence-corrected chi connectivity index (χ1v) is 6.07. The fourth-order valence-corrected chi connectivity index (χ4v) is 2.59. The Morgan fingerprint density at radius 2 is 2.18 bits per heavy atom. The number of hydrogen-bond acceptors (Lipinski definition) is 2. The average molecular weight is 247 g/mol. The summed E-state index contributed by atoms with van der Waals surface area (Å²) in [7, 11) is 0. The number of nitrogens with zero attached hydrogens (tertiary/aromatic N) is 1. The highest BCUT2D eigenvalue weighted by molar-refractivity contribution is 8.00. The minimum absolute atomic E-state index is 0.214. The summed E-state index contributed by atoms with van der Waals surface area (Å²) in [6.45, 7) is 2.11. The van der Waals surface area contributed by atoms with Crippen molar-refractivity contribution in [3.63, 3.8) is 0 Å². The van der Waals surface area contributed by atoms with Crippen molar-refractivity contribution in [3.05, 3.63) is 35.4 Å². The molecule has 0 saturated heterocycles. The number of fused-ring (bicyclic) bond motifs is 1. The van der Waals surface area contributed by atoms with Crippen molar-refractivity contribution < 1.29 is 4.79 Å². The molecule has 1 aliphatic rings. The molecule has 0 fully saturated rings. The van der Waals surface area contributed by atoms with Gasteiger partial charge in [0.15, 0.2) is 5.96 Å². The van der Waals surface area contributed by atoms with Gasteiger partial charge in [-0.2, -0.15) is 4.99 Å². The van der Waals surface area contributed by atoms with Crippen LogP contribution in [-0.2, 0) is 0 Å². The van der Waals surface area contributed by atoms with Crippen LogP contribution in [0.5, 0.6) is 0 Å². The molecular weight excluding hydrogens is 234 g/mol. The van der Waals surface area contributed by atoms with Crippen molar-refractivity contribution in [1.29, 1.82) is 0 Å². The molecule has 2 rings (SSSR count). The first-order valence-electron chi connectivity index (χ1n) is 5.19. The number of thioether (sulfide) groups is 1. The number of amides is 1. The molecule has 5 heteroatoms. The second-order valence-corrected chi connectivity index (χ2v) is 5.20. The van der Waals surface area contributed by atoms with Crippen LogP contribution in [0.1, 0.15) is 22.8 Å². The van der Waals surface area contributed by atoms with Crippen molar-refractivity contribution in [3.8, 4) is 0 Å². The summed E-state index contributed by atoms with van der Waals surface area (Å²) in [5.74, 6) is -0.621. The number of nitrogens with two attached hydrogens (primary N) is 2. The maximum Gasteiger partial charge on any atom is 0.280 e. The van der Waals surface area contributed by atoms with Gasteiger partial charge in [-0.15, -0.1) is 11.8 Å². The van der Waals surface area contributed by atoms with E-state index < -0.39 is 5.91 Å². The van der Waals surface area contributed by atoms with E-state index in [1.165, 1.54) is 0 Å². The lowest BCUT2D eigenvalue weighted by atomic mass is 10.1. The summed E-state index contributed by atoms with van der Waals surface area (Å²) in [5.41, 5.74) is 12.0. The predicted octanol–water partition coefficient (Wildman–Crippen LogP) is 1.61. The third-order valence-electron chi connectivity index (χ3n) is 2.35. The number of benzene rings is 1. The molecule has 1 atom stereocenters. The lowest BCUT2D eigenvalue weighted by Crippen LogP contribution is -2.24. The largest absolute Gasteiger partial charge is 0.370 e. The summed E-state index contributed by atoms with van der Waals surface area (Å²) in [6, 6.07) is 5.46. The van der Waals surface area contributed by atoms with E-state index >= 15 is 0 Å². The highest BCUT2D eigenvalue weighted by atomic mass is 32.2. The summed E-state index contributed by atoms with van der Waals surface area (Å²) >= 11 is 1.71. The van der Waals surface area contributed by atoms with E-state index in [0.29, 0.717) is 10.8 Å². The molecule has 0 aliphatic carbocycles. The first kappa shape index (κ1) is 11.7. The van der Waals surface area contributed by atoms with E-state index in [0.717, 1.165) is 10.5 Å². The zero-order chi connectivity index (χ0) is 12.4. The van der Waals surface area contributed by atoms with Gasteiger partial charge in [-0.1, -0.05) is 18.2 Å². The summed E-state index contributed by atoms with van der Waals surface area (Å²) < 4.78 is 0. The lowest BCUT2D eigenvalue weighted by molar-refractivity contribution is 0.100. The topological polar surface area (TPSA) is 81.5 Å². The van der Waals surface area contributed by atoms with Gasteiger partial charge in [-0.3, -0.25) is 4.79 Å². The molecule has 0 aromatic heterocycles. The van der Waals surface area contributed by atoms with Gasteiger partial charge in [-0.05, 0) is 24.6 Å². The van der Waals surface area contributed by atoms with Crippen LogP contribution < -0.4 is 11.5 Å². The van der Waals surface area contributed by atoms with Crippen LogP contribution >= 0.6 is 11.8 Å². The molecule has 0 saturated carbocycles. The Bertz CT molecular complexity index is 518. The Balaban J connectivity index is 2.34. The van der Waals surface area contributed by atoms with Gasteiger partial charge >= 0.3 is 0 Å².